The van der Waals surface area contributed by atoms with Crippen molar-refractivity contribution < 1.29 is 14.9 Å². The summed E-state index contributed by atoms with van der Waals surface area (Å²) in [7, 11) is 1.68. The highest BCUT2D eigenvalue weighted by molar-refractivity contribution is 4.77. The third-order valence-corrected chi connectivity index (χ3v) is 2.87. The molecule has 0 saturated heterocycles. The van der Waals surface area contributed by atoms with Crippen LogP contribution in [0, 0.1) is 5.41 Å². The van der Waals surface area contributed by atoms with E-state index in [0.717, 1.165) is 25.9 Å². The summed E-state index contributed by atoms with van der Waals surface area (Å²) in [5.41, 5.74) is -0.0718. The monoisotopic (exact) mass is 233 g/mol. The van der Waals surface area contributed by atoms with Gasteiger partial charge in [-0.1, -0.05) is 20.3 Å². The second-order valence-corrected chi connectivity index (χ2v) is 4.71. The number of nitrogens with zero attached hydrogens (tertiary/aromatic N) is 1. The summed E-state index contributed by atoms with van der Waals surface area (Å²) in [6.45, 7) is 7.47. The van der Waals surface area contributed by atoms with E-state index in [9.17, 15) is 5.11 Å². The van der Waals surface area contributed by atoms with Crippen LogP contribution in [0.4, 0.5) is 0 Å². The summed E-state index contributed by atoms with van der Waals surface area (Å²) in [5.74, 6) is 0. The average molecular weight is 233 g/mol. The zero-order chi connectivity index (χ0) is 12.4. The molecular weight excluding hydrogens is 206 g/mol. The van der Waals surface area contributed by atoms with Crippen molar-refractivity contribution in [3.63, 3.8) is 0 Å². The Morgan fingerprint density at radius 3 is 2.38 bits per heavy atom. The van der Waals surface area contributed by atoms with Gasteiger partial charge in [0.25, 0.3) is 0 Å². The summed E-state index contributed by atoms with van der Waals surface area (Å²) in [4.78, 5) is 2.15. The third kappa shape index (κ3) is 6.43. The maximum absolute atomic E-state index is 9.44. The molecule has 0 heterocycles. The van der Waals surface area contributed by atoms with E-state index >= 15 is 0 Å². The van der Waals surface area contributed by atoms with E-state index in [0.29, 0.717) is 13.2 Å². The van der Waals surface area contributed by atoms with Crippen LogP contribution in [-0.2, 0) is 4.74 Å². The van der Waals surface area contributed by atoms with Gasteiger partial charge in [0.15, 0.2) is 0 Å². The molecule has 4 heteroatoms. The third-order valence-electron chi connectivity index (χ3n) is 2.87. The molecule has 0 aliphatic carbocycles. The Morgan fingerprint density at radius 2 is 1.94 bits per heavy atom. The van der Waals surface area contributed by atoms with Gasteiger partial charge in [-0.25, -0.2) is 0 Å². The number of hydrogen-bond acceptors (Lipinski definition) is 4. The minimum absolute atomic E-state index is 0.0718. The lowest BCUT2D eigenvalue weighted by Gasteiger charge is -2.33. The maximum Gasteiger partial charge on any atom is 0.0589 e. The fourth-order valence-electron chi connectivity index (χ4n) is 1.98. The quantitative estimate of drug-likeness (QED) is 0.584. The SMILES string of the molecule is CCCC(C)(CO)CN(CCO)CCOC. The number of hydrogen-bond donors (Lipinski definition) is 2. The van der Waals surface area contributed by atoms with Crippen molar-refractivity contribution in [2.75, 3.05) is 46.6 Å². The smallest absolute Gasteiger partial charge is 0.0589 e. The molecule has 1 unspecified atom stereocenters. The van der Waals surface area contributed by atoms with E-state index in [-0.39, 0.29) is 18.6 Å². The molecule has 0 aliphatic heterocycles. The fraction of sp³-hybridized carbons (Fsp3) is 1.00. The maximum atomic E-state index is 9.44. The lowest BCUT2D eigenvalue weighted by Crippen LogP contribution is -2.41. The Kier molecular flexibility index (Phi) is 8.84. The minimum Gasteiger partial charge on any atom is -0.396 e. The second kappa shape index (κ2) is 8.93. The molecule has 4 nitrogen and oxygen atoms in total. The van der Waals surface area contributed by atoms with Crippen LogP contribution in [-0.4, -0.2) is 61.7 Å². The molecule has 0 aromatic heterocycles. The molecule has 0 spiro atoms. The van der Waals surface area contributed by atoms with E-state index < -0.39 is 0 Å². The highest BCUT2D eigenvalue weighted by Gasteiger charge is 2.25. The Morgan fingerprint density at radius 1 is 1.25 bits per heavy atom. The van der Waals surface area contributed by atoms with Gasteiger partial charge in [0.2, 0.25) is 0 Å². The van der Waals surface area contributed by atoms with Crippen molar-refractivity contribution in [3.8, 4) is 0 Å². The van der Waals surface area contributed by atoms with Gasteiger partial charge in [0, 0.05) is 38.8 Å². The predicted octanol–water partition coefficient (Wildman–Crippen LogP) is 0.726. The largest absolute Gasteiger partial charge is 0.396 e. The highest BCUT2D eigenvalue weighted by atomic mass is 16.5. The summed E-state index contributed by atoms with van der Waals surface area (Å²) in [6, 6.07) is 0. The van der Waals surface area contributed by atoms with E-state index in [1.165, 1.54) is 0 Å². The van der Waals surface area contributed by atoms with Crippen LogP contribution in [0.25, 0.3) is 0 Å². The Labute approximate surface area is 99.2 Å². The highest BCUT2D eigenvalue weighted by Crippen LogP contribution is 2.23. The second-order valence-electron chi connectivity index (χ2n) is 4.71. The number of ether oxygens (including phenoxy) is 1. The summed E-state index contributed by atoms with van der Waals surface area (Å²) in [5, 5.41) is 18.4. The molecule has 1 atom stereocenters. The molecule has 0 fully saturated rings. The zero-order valence-electron chi connectivity index (χ0n) is 10.9. The predicted molar refractivity (Wildman–Crippen MR) is 65.5 cm³/mol. The molecule has 0 rings (SSSR count). The molecule has 0 saturated carbocycles. The van der Waals surface area contributed by atoms with Gasteiger partial charge in [-0.2, -0.15) is 0 Å². The Balaban J connectivity index is 4.20. The van der Waals surface area contributed by atoms with Crippen molar-refractivity contribution >= 4 is 0 Å². The molecule has 0 aromatic rings. The number of methoxy groups -OCH3 is 1. The van der Waals surface area contributed by atoms with Gasteiger partial charge in [-0.15, -0.1) is 0 Å². The van der Waals surface area contributed by atoms with Crippen LogP contribution in [0.2, 0.25) is 0 Å². The van der Waals surface area contributed by atoms with E-state index in [2.05, 4.69) is 18.7 Å². The number of aliphatic hydroxyl groups is 2. The van der Waals surface area contributed by atoms with Gasteiger partial charge in [0.05, 0.1) is 13.2 Å². The Hall–Kier alpha value is -0.160. The van der Waals surface area contributed by atoms with E-state index in [1.54, 1.807) is 7.11 Å². The Bertz CT molecular complexity index is 166. The van der Waals surface area contributed by atoms with Crippen LogP contribution < -0.4 is 0 Å². The number of rotatable bonds is 10. The lowest BCUT2D eigenvalue weighted by molar-refractivity contribution is 0.0560. The van der Waals surface area contributed by atoms with E-state index in [4.69, 9.17) is 9.84 Å². The normalized spacial score (nSPS) is 15.4. The topological polar surface area (TPSA) is 52.9 Å². The van der Waals surface area contributed by atoms with Gasteiger partial charge in [-0.3, -0.25) is 4.90 Å². The van der Waals surface area contributed by atoms with E-state index in [1.807, 2.05) is 0 Å². The van der Waals surface area contributed by atoms with Gasteiger partial charge in [0.1, 0.15) is 0 Å². The van der Waals surface area contributed by atoms with Crippen LogP contribution in [0.15, 0.2) is 0 Å². The van der Waals surface area contributed by atoms with Crippen LogP contribution in [0.5, 0.6) is 0 Å². The zero-order valence-corrected chi connectivity index (χ0v) is 10.9. The van der Waals surface area contributed by atoms with Crippen LogP contribution in [0.1, 0.15) is 26.7 Å². The molecule has 16 heavy (non-hydrogen) atoms. The fourth-order valence-corrected chi connectivity index (χ4v) is 1.98. The molecular formula is C12H27NO3. The number of aliphatic hydroxyl groups excluding tert-OH is 2. The summed E-state index contributed by atoms with van der Waals surface area (Å²) >= 11 is 0. The van der Waals surface area contributed by atoms with Crippen molar-refractivity contribution in [2.45, 2.75) is 26.7 Å². The molecule has 0 aromatic carbocycles. The van der Waals surface area contributed by atoms with Gasteiger partial charge < -0.3 is 14.9 Å². The molecule has 0 radical (unpaired) electrons. The average Bonchev–Trinajstić information content (AvgIpc) is 2.26. The molecule has 0 aliphatic rings. The molecule has 0 amide bonds. The van der Waals surface area contributed by atoms with Crippen molar-refractivity contribution in [1.29, 1.82) is 0 Å². The first-order valence-corrected chi connectivity index (χ1v) is 6.05. The van der Waals surface area contributed by atoms with Crippen molar-refractivity contribution in [2.24, 2.45) is 5.41 Å². The molecule has 2 N–H and O–H groups in total. The lowest BCUT2D eigenvalue weighted by atomic mass is 9.86. The molecule has 98 valence electrons. The first-order valence-electron chi connectivity index (χ1n) is 6.05. The van der Waals surface area contributed by atoms with Crippen molar-refractivity contribution in [3.05, 3.63) is 0 Å². The van der Waals surface area contributed by atoms with Gasteiger partial charge in [-0.05, 0) is 6.42 Å². The van der Waals surface area contributed by atoms with Crippen LogP contribution >= 0.6 is 0 Å². The summed E-state index contributed by atoms with van der Waals surface area (Å²) < 4.78 is 5.04. The summed E-state index contributed by atoms with van der Waals surface area (Å²) in [6.07, 6.45) is 2.06. The van der Waals surface area contributed by atoms with Crippen molar-refractivity contribution in [1.82, 2.24) is 4.90 Å². The first kappa shape index (κ1) is 15.8. The molecule has 0 bridgehead atoms. The van der Waals surface area contributed by atoms with Crippen LogP contribution in [0.3, 0.4) is 0 Å². The standard InChI is InChI=1S/C12H27NO3/c1-4-5-12(2,11-15)10-13(6-8-14)7-9-16-3/h14-15H,4-11H2,1-3H3. The van der Waals surface area contributed by atoms with Gasteiger partial charge >= 0.3 is 0 Å². The minimum atomic E-state index is -0.0718. The first-order chi connectivity index (χ1) is 7.61.